The summed E-state index contributed by atoms with van der Waals surface area (Å²) in [5.41, 5.74) is 7.30. The van der Waals surface area contributed by atoms with Crippen LogP contribution in [0.25, 0.3) is 11.0 Å². The number of halogens is 1. The van der Waals surface area contributed by atoms with E-state index in [1.807, 2.05) is 23.9 Å². The molecular weight excluding hydrogens is 174 g/mol. The Kier molecular flexibility index (Phi) is 1.48. The molecule has 0 amide bonds. The minimum atomic E-state index is 0.611. The maximum atomic E-state index is 5.77. The number of nitrogens with two attached hydrogens (primary N) is 1. The second kappa shape index (κ2) is 2.38. The van der Waals surface area contributed by atoms with Crippen LogP contribution >= 0.6 is 11.6 Å². The van der Waals surface area contributed by atoms with Crippen LogP contribution in [0.1, 0.15) is 0 Å². The number of pyridine rings is 1. The summed E-state index contributed by atoms with van der Waals surface area (Å²) in [6.07, 6.45) is 3.44. The molecule has 0 aromatic carbocycles. The molecule has 2 aromatic rings. The van der Waals surface area contributed by atoms with E-state index in [1.54, 1.807) is 6.20 Å². The SMILES string of the molecule is Cn1cc(N)c2cc(Cl)cnc21. The molecule has 0 spiro atoms. The zero-order chi connectivity index (χ0) is 8.72. The third-order valence-electron chi connectivity index (χ3n) is 1.81. The van der Waals surface area contributed by atoms with Crippen molar-refractivity contribution in [2.45, 2.75) is 0 Å². The zero-order valence-corrected chi connectivity index (χ0v) is 7.34. The van der Waals surface area contributed by atoms with E-state index in [1.165, 1.54) is 0 Å². The lowest BCUT2D eigenvalue weighted by molar-refractivity contribution is 0.950. The summed E-state index contributed by atoms with van der Waals surface area (Å²) in [5, 5.41) is 1.52. The zero-order valence-electron chi connectivity index (χ0n) is 6.58. The fourth-order valence-electron chi connectivity index (χ4n) is 1.26. The first kappa shape index (κ1) is 7.43. The van der Waals surface area contributed by atoms with Crippen molar-refractivity contribution in [1.29, 1.82) is 0 Å². The molecule has 4 heteroatoms. The summed E-state index contributed by atoms with van der Waals surface area (Å²) < 4.78 is 1.88. The van der Waals surface area contributed by atoms with Crippen LogP contribution in [-0.2, 0) is 7.05 Å². The van der Waals surface area contributed by atoms with Crippen molar-refractivity contribution in [3.05, 3.63) is 23.5 Å². The summed E-state index contributed by atoms with van der Waals surface area (Å²) >= 11 is 5.77. The Morgan fingerprint density at radius 2 is 2.33 bits per heavy atom. The number of aromatic nitrogens is 2. The lowest BCUT2D eigenvalue weighted by Gasteiger charge is -1.93. The van der Waals surface area contributed by atoms with Gasteiger partial charge >= 0.3 is 0 Å². The number of anilines is 1. The van der Waals surface area contributed by atoms with Crippen molar-refractivity contribution in [1.82, 2.24) is 9.55 Å². The Balaban J connectivity index is 2.90. The van der Waals surface area contributed by atoms with Gasteiger partial charge in [0.1, 0.15) is 5.65 Å². The van der Waals surface area contributed by atoms with Gasteiger partial charge in [0.05, 0.1) is 10.7 Å². The summed E-state index contributed by atoms with van der Waals surface area (Å²) in [6, 6.07) is 1.82. The third-order valence-corrected chi connectivity index (χ3v) is 2.02. The normalized spacial score (nSPS) is 10.8. The molecule has 0 aliphatic rings. The topological polar surface area (TPSA) is 43.8 Å². The highest BCUT2D eigenvalue weighted by Crippen LogP contribution is 2.23. The lowest BCUT2D eigenvalue weighted by atomic mass is 10.3. The molecule has 0 radical (unpaired) electrons. The lowest BCUT2D eigenvalue weighted by Crippen LogP contribution is -1.86. The number of hydrogen-bond acceptors (Lipinski definition) is 2. The van der Waals surface area contributed by atoms with Crippen LogP contribution in [0.15, 0.2) is 18.5 Å². The predicted octanol–water partition coefficient (Wildman–Crippen LogP) is 1.81. The molecule has 0 saturated carbocycles. The van der Waals surface area contributed by atoms with E-state index in [0.29, 0.717) is 10.7 Å². The smallest absolute Gasteiger partial charge is 0.141 e. The van der Waals surface area contributed by atoms with Gasteiger partial charge in [-0.15, -0.1) is 0 Å². The Morgan fingerprint density at radius 3 is 3.08 bits per heavy atom. The second-order valence-corrected chi connectivity index (χ2v) is 3.16. The highest BCUT2D eigenvalue weighted by atomic mass is 35.5. The van der Waals surface area contributed by atoms with Crippen LogP contribution in [0, 0.1) is 0 Å². The number of hydrogen-bond donors (Lipinski definition) is 1. The standard InChI is InChI=1S/C8H8ClN3/c1-12-4-7(10)6-2-5(9)3-11-8(6)12/h2-4H,10H2,1H3. The molecule has 2 aromatic heterocycles. The second-order valence-electron chi connectivity index (χ2n) is 2.72. The number of fused-ring (bicyclic) bond motifs is 1. The van der Waals surface area contributed by atoms with Crippen molar-refractivity contribution >= 4 is 28.3 Å². The first-order chi connectivity index (χ1) is 5.68. The quantitative estimate of drug-likeness (QED) is 0.674. The van der Waals surface area contributed by atoms with Crippen LogP contribution in [0.5, 0.6) is 0 Å². The average Bonchev–Trinajstić information content (AvgIpc) is 2.28. The number of aryl methyl sites for hydroxylation is 1. The van der Waals surface area contributed by atoms with E-state index in [2.05, 4.69) is 4.98 Å². The van der Waals surface area contributed by atoms with Crippen molar-refractivity contribution in [3.8, 4) is 0 Å². The van der Waals surface area contributed by atoms with Gasteiger partial charge in [-0.2, -0.15) is 0 Å². The van der Waals surface area contributed by atoms with E-state index in [9.17, 15) is 0 Å². The highest BCUT2D eigenvalue weighted by Gasteiger charge is 2.04. The van der Waals surface area contributed by atoms with Crippen LogP contribution in [0.3, 0.4) is 0 Å². The minimum absolute atomic E-state index is 0.611. The summed E-state index contributed by atoms with van der Waals surface area (Å²) in [6.45, 7) is 0. The minimum Gasteiger partial charge on any atom is -0.397 e. The molecule has 0 atom stereocenters. The molecule has 3 nitrogen and oxygen atoms in total. The molecule has 0 saturated heterocycles. The predicted molar refractivity (Wildman–Crippen MR) is 50.1 cm³/mol. The van der Waals surface area contributed by atoms with Crippen LogP contribution < -0.4 is 5.73 Å². The first-order valence-corrected chi connectivity index (χ1v) is 3.92. The van der Waals surface area contributed by atoms with Crippen LogP contribution in [-0.4, -0.2) is 9.55 Å². The van der Waals surface area contributed by atoms with Crippen molar-refractivity contribution in [2.24, 2.45) is 7.05 Å². The van der Waals surface area contributed by atoms with Gasteiger partial charge in [0.25, 0.3) is 0 Å². The molecule has 62 valence electrons. The van der Waals surface area contributed by atoms with Gasteiger partial charge in [0.15, 0.2) is 0 Å². The summed E-state index contributed by atoms with van der Waals surface area (Å²) in [5.74, 6) is 0. The largest absolute Gasteiger partial charge is 0.397 e. The van der Waals surface area contributed by atoms with E-state index in [-0.39, 0.29) is 0 Å². The molecule has 2 rings (SSSR count). The Labute approximate surface area is 74.8 Å². The molecule has 0 unspecified atom stereocenters. The van der Waals surface area contributed by atoms with E-state index in [4.69, 9.17) is 17.3 Å². The maximum Gasteiger partial charge on any atom is 0.141 e. The molecular formula is C8H8ClN3. The van der Waals surface area contributed by atoms with Gasteiger partial charge in [0.2, 0.25) is 0 Å². The average molecular weight is 182 g/mol. The van der Waals surface area contributed by atoms with Gasteiger partial charge in [-0.1, -0.05) is 11.6 Å². The molecule has 0 aliphatic heterocycles. The van der Waals surface area contributed by atoms with Gasteiger partial charge in [-0.05, 0) is 6.07 Å². The van der Waals surface area contributed by atoms with Gasteiger partial charge < -0.3 is 10.3 Å². The van der Waals surface area contributed by atoms with E-state index in [0.717, 1.165) is 11.0 Å². The Bertz CT molecular complexity index is 433. The Hall–Kier alpha value is -1.22. The van der Waals surface area contributed by atoms with Gasteiger partial charge in [0, 0.05) is 24.8 Å². The Morgan fingerprint density at radius 1 is 1.58 bits per heavy atom. The maximum absolute atomic E-state index is 5.77. The summed E-state index contributed by atoms with van der Waals surface area (Å²) in [7, 11) is 1.90. The first-order valence-electron chi connectivity index (χ1n) is 3.54. The monoisotopic (exact) mass is 181 g/mol. The summed E-state index contributed by atoms with van der Waals surface area (Å²) in [4.78, 5) is 4.15. The third kappa shape index (κ3) is 0.940. The molecule has 2 heterocycles. The number of nitrogen functional groups attached to an aromatic ring is 1. The molecule has 0 fully saturated rings. The molecule has 2 N–H and O–H groups in total. The number of rotatable bonds is 0. The van der Waals surface area contributed by atoms with E-state index >= 15 is 0 Å². The van der Waals surface area contributed by atoms with Crippen molar-refractivity contribution in [3.63, 3.8) is 0 Å². The van der Waals surface area contributed by atoms with Crippen molar-refractivity contribution in [2.75, 3.05) is 5.73 Å². The number of nitrogens with zero attached hydrogens (tertiary/aromatic N) is 2. The van der Waals surface area contributed by atoms with Crippen molar-refractivity contribution < 1.29 is 0 Å². The highest BCUT2D eigenvalue weighted by molar-refractivity contribution is 6.31. The fraction of sp³-hybridized carbons (Fsp3) is 0.125. The fourth-order valence-corrected chi connectivity index (χ4v) is 1.42. The van der Waals surface area contributed by atoms with Crippen LogP contribution in [0.4, 0.5) is 5.69 Å². The molecule has 0 bridgehead atoms. The van der Waals surface area contributed by atoms with E-state index < -0.39 is 0 Å². The molecule has 12 heavy (non-hydrogen) atoms. The molecule has 0 aliphatic carbocycles. The van der Waals surface area contributed by atoms with Gasteiger partial charge in [-0.25, -0.2) is 4.98 Å². The van der Waals surface area contributed by atoms with Gasteiger partial charge in [-0.3, -0.25) is 0 Å². The van der Waals surface area contributed by atoms with Crippen LogP contribution in [0.2, 0.25) is 5.02 Å².